The average molecular weight is 313 g/mol. The van der Waals surface area contributed by atoms with E-state index >= 15 is 0 Å². The second-order valence-electron chi connectivity index (χ2n) is 5.87. The molecule has 0 spiro atoms. The van der Waals surface area contributed by atoms with Crippen LogP contribution in [0.5, 0.6) is 0 Å². The molecule has 1 aromatic carbocycles. The smallest absolute Gasteiger partial charge is 0.335 e. The van der Waals surface area contributed by atoms with Gasteiger partial charge in [0.1, 0.15) is 5.76 Å². The summed E-state index contributed by atoms with van der Waals surface area (Å²) < 4.78 is 5.71. The molecule has 2 N–H and O–H groups in total. The van der Waals surface area contributed by atoms with Crippen LogP contribution in [0.15, 0.2) is 40.8 Å². The lowest BCUT2D eigenvalue weighted by atomic mass is 9.88. The molecule has 1 aromatic heterocycles. The molecule has 2 aromatic rings. The maximum Gasteiger partial charge on any atom is 0.335 e. The fourth-order valence-corrected chi connectivity index (χ4v) is 2.97. The molecule has 23 heavy (non-hydrogen) atoms. The summed E-state index contributed by atoms with van der Waals surface area (Å²) in [6.07, 6.45) is 5.93. The second kappa shape index (κ2) is 6.69. The highest BCUT2D eigenvalue weighted by Crippen LogP contribution is 2.33. The van der Waals surface area contributed by atoms with Gasteiger partial charge in [-0.25, -0.2) is 4.79 Å². The summed E-state index contributed by atoms with van der Waals surface area (Å²) in [6.45, 7) is 0. The van der Waals surface area contributed by atoms with E-state index in [1.165, 1.54) is 31.4 Å². The molecule has 1 aliphatic rings. The van der Waals surface area contributed by atoms with Crippen LogP contribution in [-0.2, 0) is 0 Å². The lowest BCUT2D eigenvalue weighted by Gasteiger charge is -2.19. The molecule has 5 heteroatoms. The second-order valence-corrected chi connectivity index (χ2v) is 5.87. The predicted octanol–water partition coefficient (Wildman–Crippen LogP) is 4.28. The number of amides is 1. The molecule has 0 unspecified atom stereocenters. The Morgan fingerprint density at radius 1 is 1.00 bits per heavy atom. The normalized spacial score (nSPS) is 15.3. The van der Waals surface area contributed by atoms with E-state index < -0.39 is 5.97 Å². The minimum atomic E-state index is -0.994. The van der Waals surface area contributed by atoms with E-state index in [1.54, 1.807) is 18.2 Å². The zero-order chi connectivity index (χ0) is 16.2. The van der Waals surface area contributed by atoms with Gasteiger partial charge in [-0.1, -0.05) is 19.3 Å². The average Bonchev–Trinajstić information content (AvgIpc) is 3.06. The minimum absolute atomic E-state index is 0.181. The van der Waals surface area contributed by atoms with E-state index in [-0.39, 0.29) is 17.2 Å². The molecule has 0 atom stereocenters. The zero-order valence-electron chi connectivity index (χ0n) is 12.7. The van der Waals surface area contributed by atoms with Gasteiger partial charge in [0.25, 0.3) is 5.91 Å². The Morgan fingerprint density at radius 2 is 1.70 bits per heavy atom. The zero-order valence-corrected chi connectivity index (χ0v) is 12.7. The monoisotopic (exact) mass is 313 g/mol. The fraction of sp³-hybridized carbons (Fsp3) is 0.333. The summed E-state index contributed by atoms with van der Waals surface area (Å²) in [5, 5.41) is 11.6. The number of carbonyl (C=O) groups is 2. The molecule has 1 heterocycles. The first-order valence-corrected chi connectivity index (χ1v) is 7.88. The van der Waals surface area contributed by atoms with Gasteiger partial charge in [-0.2, -0.15) is 0 Å². The number of aromatic carboxylic acids is 1. The number of hydrogen-bond donors (Lipinski definition) is 2. The van der Waals surface area contributed by atoms with Crippen LogP contribution in [0.4, 0.5) is 5.69 Å². The van der Waals surface area contributed by atoms with Crippen molar-refractivity contribution in [3.05, 3.63) is 53.5 Å². The van der Waals surface area contributed by atoms with E-state index in [2.05, 4.69) is 5.32 Å². The molecule has 0 radical (unpaired) electrons. The summed E-state index contributed by atoms with van der Waals surface area (Å²) >= 11 is 0. The molecule has 0 aliphatic heterocycles. The van der Waals surface area contributed by atoms with Crippen molar-refractivity contribution < 1.29 is 19.1 Å². The molecule has 1 amide bonds. The van der Waals surface area contributed by atoms with E-state index in [4.69, 9.17) is 9.52 Å². The number of hydrogen-bond acceptors (Lipinski definition) is 3. The first-order valence-electron chi connectivity index (χ1n) is 7.88. The van der Waals surface area contributed by atoms with Crippen molar-refractivity contribution in [2.75, 3.05) is 5.32 Å². The summed E-state index contributed by atoms with van der Waals surface area (Å²) in [5.74, 6) is 0.269. The van der Waals surface area contributed by atoms with Gasteiger partial charge in [-0.3, -0.25) is 4.79 Å². The molecule has 3 rings (SSSR count). The largest absolute Gasteiger partial charge is 0.478 e. The van der Waals surface area contributed by atoms with Crippen LogP contribution < -0.4 is 5.32 Å². The van der Waals surface area contributed by atoms with Gasteiger partial charge in [-0.15, -0.1) is 0 Å². The van der Waals surface area contributed by atoms with E-state index in [0.717, 1.165) is 18.6 Å². The van der Waals surface area contributed by atoms with Gasteiger partial charge < -0.3 is 14.8 Å². The number of anilines is 1. The minimum Gasteiger partial charge on any atom is -0.478 e. The van der Waals surface area contributed by atoms with Crippen molar-refractivity contribution in [3.63, 3.8) is 0 Å². The van der Waals surface area contributed by atoms with Crippen molar-refractivity contribution in [1.29, 1.82) is 0 Å². The summed E-state index contributed by atoms with van der Waals surface area (Å²) in [5.41, 5.74) is 0.719. The summed E-state index contributed by atoms with van der Waals surface area (Å²) in [6, 6.07) is 9.61. The lowest BCUT2D eigenvalue weighted by molar-refractivity contribution is 0.0696. The quantitative estimate of drug-likeness (QED) is 0.883. The van der Waals surface area contributed by atoms with Crippen LogP contribution in [0, 0.1) is 0 Å². The topological polar surface area (TPSA) is 79.5 Å². The molecular weight excluding hydrogens is 294 g/mol. The standard InChI is InChI=1S/C18H19NO4/c20-17(19-14-8-6-13(7-9-14)18(21)22)16-11-10-15(23-16)12-4-2-1-3-5-12/h6-12H,1-5H2,(H,19,20)(H,21,22). The van der Waals surface area contributed by atoms with Crippen LogP contribution in [-0.4, -0.2) is 17.0 Å². The molecule has 0 bridgehead atoms. The van der Waals surface area contributed by atoms with Crippen molar-refractivity contribution in [2.24, 2.45) is 0 Å². The molecule has 5 nitrogen and oxygen atoms in total. The Morgan fingerprint density at radius 3 is 2.35 bits per heavy atom. The van der Waals surface area contributed by atoms with Crippen molar-refractivity contribution in [2.45, 2.75) is 38.0 Å². The van der Waals surface area contributed by atoms with Crippen LogP contribution in [0.1, 0.15) is 64.7 Å². The highest BCUT2D eigenvalue weighted by atomic mass is 16.4. The van der Waals surface area contributed by atoms with E-state index in [1.807, 2.05) is 6.07 Å². The number of carboxylic acids is 1. The number of benzene rings is 1. The van der Waals surface area contributed by atoms with Gasteiger partial charge in [0, 0.05) is 11.6 Å². The van der Waals surface area contributed by atoms with Gasteiger partial charge in [0.15, 0.2) is 5.76 Å². The Kier molecular flexibility index (Phi) is 4.46. The van der Waals surface area contributed by atoms with Gasteiger partial charge >= 0.3 is 5.97 Å². The highest BCUT2D eigenvalue weighted by Gasteiger charge is 2.20. The Labute approximate surface area is 134 Å². The third-order valence-electron chi connectivity index (χ3n) is 4.25. The van der Waals surface area contributed by atoms with Crippen LogP contribution >= 0.6 is 0 Å². The third kappa shape index (κ3) is 3.62. The third-order valence-corrected chi connectivity index (χ3v) is 4.25. The van der Waals surface area contributed by atoms with E-state index in [9.17, 15) is 9.59 Å². The van der Waals surface area contributed by atoms with Crippen molar-refractivity contribution in [1.82, 2.24) is 0 Å². The van der Waals surface area contributed by atoms with Crippen molar-refractivity contribution >= 4 is 17.6 Å². The van der Waals surface area contributed by atoms with Crippen LogP contribution in [0.2, 0.25) is 0 Å². The summed E-state index contributed by atoms with van der Waals surface area (Å²) in [4.78, 5) is 23.0. The van der Waals surface area contributed by atoms with Crippen molar-refractivity contribution in [3.8, 4) is 0 Å². The lowest BCUT2D eigenvalue weighted by Crippen LogP contribution is -2.11. The fourth-order valence-electron chi connectivity index (χ4n) is 2.97. The molecular formula is C18H19NO4. The first kappa shape index (κ1) is 15.3. The van der Waals surface area contributed by atoms with Gasteiger partial charge in [-0.05, 0) is 49.2 Å². The number of carbonyl (C=O) groups excluding carboxylic acids is 1. The summed E-state index contributed by atoms with van der Waals surface area (Å²) in [7, 11) is 0. The van der Waals surface area contributed by atoms with Gasteiger partial charge in [0.2, 0.25) is 0 Å². The first-order chi connectivity index (χ1) is 11.1. The SMILES string of the molecule is O=C(O)c1ccc(NC(=O)c2ccc(C3CCCCC3)o2)cc1. The number of furan rings is 1. The number of rotatable bonds is 4. The highest BCUT2D eigenvalue weighted by molar-refractivity contribution is 6.02. The van der Waals surface area contributed by atoms with Crippen LogP contribution in [0.25, 0.3) is 0 Å². The molecule has 0 saturated heterocycles. The van der Waals surface area contributed by atoms with Crippen LogP contribution in [0.3, 0.4) is 0 Å². The predicted molar refractivity (Wildman–Crippen MR) is 85.9 cm³/mol. The molecule has 1 fully saturated rings. The molecule has 1 aliphatic carbocycles. The maximum atomic E-state index is 12.2. The maximum absolute atomic E-state index is 12.2. The number of nitrogens with one attached hydrogen (secondary N) is 1. The Hall–Kier alpha value is -2.56. The van der Waals surface area contributed by atoms with E-state index in [0.29, 0.717) is 11.6 Å². The van der Waals surface area contributed by atoms with Gasteiger partial charge in [0.05, 0.1) is 5.56 Å². The number of carboxylic acid groups (broad SMARTS) is 1. The Bertz CT molecular complexity index is 696. The molecule has 120 valence electrons. The molecule has 1 saturated carbocycles. The Balaban J connectivity index is 1.66.